The minimum atomic E-state index is -0.605. The Labute approximate surface area is 189 Å². The van der Waals surface area contributed by atoms with Gasteiger partial charge in [0.1, 0.15) is 0 Å². The molecule has 0 aliphatic carbocycles. The maximum absolute atomic E-state index is 12.5. The summed E-state index contributed by atoms with van der Waals surface area (Å²) in [6, 6.07) is 19.0. The van der Waals surface area contributed by atoms with Gasteiger partial charge in [0.2, 0.25) is 5.90 Å². The molecule has 3 aromatic carbocycles. The molecule has 32 heavy (non-hydrogen) atoms. The third-order valence-corrected chi connectivity index (χ3v) is 5.11. The number of nitrogens with zero attached hydrogens (tertiary/aromatic N) is 1. The monoisotopic (exact) mass is 447 g/mol. The lowest BCUT2D eigenvalue weighted by Gasteiger charge is -2.10. The second kappa shape index (κ2) is 9.08. The van der Waals surface area contributed by atoms with Gasteiger partial charge in [0.25, 0.3) is 0 Å². The number of halogens is 1. The van der Waals surface area contributed by atoms with Crippen LogP contribution in [0.3, 0.4) is 0 Å². The number of hydrogen-bond acceptors (Lipinski definition) is 6. The van der Waals surface area contributed by atoms with Crippen molar-refractivity contribution in [1.29, 1.82) is 0 Å². The molecule has 7 heteroatoms. The molecule has 1 aliphatic rings. The van der Waals surface area contributed by atoms with Crippen molar-refractivity contribution in [2.45, 2.75) is 6.92 Å². The van der Waals surface area contributed by atoms with Crippen molar-refractivity contribution in [3.8, 4) is 11.5 Å². The number of ether oxygens (including phenoxy) is 3. The topological polar surface area (TPSA) is 74.2 Å². The molecule has 0 aromatic heterocycles. The zero-order valence-corrected chi connectivity index (χ0v) is 18.1. The van der Waals surface area contributed by atoms with E-state index in [0.29, 0.717) is 16.3 Å². The average molecular weight is 448 g/mol. The third-order valence-electron chi connectivity index (χ3n) is 4.78. The van der Waals surface area contributed by atoms with E-state index in [1.807, 2.05) is 31.2 Å². The quantitative estimate of drug-likeness (QED) is 0.304. The van der Waals surface area contributed by atoms with Crippen molar-refractivity contribution in [2.75, 3.05) is 7.11 Å². The molecule has 0 fully saturated rings. The highest BCUT2D eigenvalue weighted by Crippen LogP contribution is 2.31. The van der Waals surface area contributed by atoms with Gasteiger partial charge in [-0.25, -0.2) is 14.6 Å². The standard InChI is InChI=1S/C25H18ClNO5/c1-15-7-3-4-8-17(15)23-27-20(25(29)32-23)13-16-11-12-21(22(14-16)30-2)31-24(28)18-9-5-6-10-19(18)26/h3-14H,1-2H3/b20-13-. The number of carbonyl (C=O) groups excluding carboxylic acids is 2. The van der Waals surface area contributed by atoms with Crippen molar-refractivity contribution < 1.29 is 23.8 Å². The van der Waals surface area contributed by atoms with Crippen LogP contribution in [0, 0.1) is 6.92 Å². The number of cyclic esters (lactones) is 1. The molecular weight excluding hydrogens is 430 g/mol. The van der Waals surface area contributed by atoms with E-state index in [2.05, 4.69) is 4.99 Å². The van der Waals surface area contributed by atoms with E-state index >= 15 is 0 Å². The zero-order valence-electron chi connectivity index (χ0n) is 17.3. The van der Waals surface area contributed by atoms with E-state index in [1.165, 1.54) is 7.11 Å². The molecule has 4 rings (SSSR count). The summed E-state index contributed by atoms with van der Waals surface area (Å²) in [5.74, 6) is -0.355. The second-order valence-corrected chi connectivity index (χ2v) is 7.34. The minimum absolute atomic E-state index is 0.158. The number of methoxy groups -OCH3 is 1. The molecule has 0 atom stereocenters. The SMILES string of the molecule is COc1cc(/C=C2\N=C(c3ccccc3C)OC2=O)ccc1OC(=O)c1ccccc1Cl. The number of benzene rings is 3. The van der Waals surface area contributed by atoms with E-state index in [0.717, 1.165) is 11.1 Å². The van der Waals surface area contributed by atoms with Crippen molar-refractivity contribution >= 4 is 35.5 Å². The fourth-order valence-corrected chi connectivity index (χ4v) is 3.35. The van der Waals surface area contributed by atoms with Crippen LogP contribution in [0.25, 0.3) is 6.08 Å². The Bertz CT molecular complexity index is 1280. The highest BCUT2D eigenvalue weighted by Gasteiger charge is 2.25. The largest absolute Gasteiger partial charge is 0.493 e. The van der Waals surface area contributed by atoms with Crippen LogP contribution in [-0.2, 0) is 9.53 Å². The summed E-state index contributed by atoms with van der Waals surface area (Å²) in [5.41, 5.74) is 2.73. The molecule has 3 aromatic rings. The molecular formula is C25H18ClNO5. The van der Waals surface area contributed by atoms with Crippen LogP contribution in [0.2, 0.25) is 5.02 Å². The van der Waals surface area contributed by atoms with Crippen LogP contribution < -0.4 is 9.47 Å². The van der Waals surface area contributed by atoms with E-state index in [9.17, 15) is 9.59 Å². The Morgan fingerprint density at radius 2 is 1.78 bits per heavy atom. The van der Waals surface area contributed by atoms with Gasteiger partial charge in [0, 0.05) is 5.56 Å². The van der Waals surface area contributed by atoms with Gasteiger partial charge in [-0.1, -0.05) is 48.0 Å². The van der Waals surface area contributed by atoms with E-state index in [-0.39, 0.29) is 22.9 Å². The van der Waals surface area contributed by atoms with Crippen LogP contribution in [0.15, 0.2) is 77.4 Å². The number of rotatable bonds is 5. The molecule has 0 saturated heterocycles. The average Bonchev–Trinajstić information content (AvgIpc) is 3.15. The van der Waals surface area contributed by atoms with Gasteiger partial charge in [-0.2, -0.15) is 0 Å². The first kappa shape index (κ1) is 21.3. The minimum Gasteiger partial charge on any atom is -0.493 e. The van der Waals surface area contributed by atoms with Crippen molar-refractivity contribution in [3.63, 3.8) is 0 Å². The fraction of sp³-hybridized carbons (Fsp3) is 0.0800. The van der Waals surface area contributed by atoms with Gasteiger partial charge < -0.3 is 14.2 Å². The molecule has 1 heterocycles. The summed E-state index contributed by atoms with van der Waals surface area (Å²) in [7, 11) is 1.46. The maximum Gasteiger partial charge on any atom is 0.363 e. The number of carbonyl (C=O) groups is 2. The first-order chi connectivity index (χ1) is 15.5. The molecule has 0 amide bonds. The Morgan fingerprint density at radius 3 is 2.53 bits per heavy atom. The Morgan fingerprint density at radius 1 is 1.03 bits per heavy atom. The van der Waals surface area contributed by atoms with E-state index < -0.39 is 11.9 Å². The molecule has 6 nitrogen and oxygen atoms in total. The lowest BCUT2D eigenvalue weighted by molar-refractivity contribution is -0.129. The van der Waals surface area contributed by atoms with Crippen LogP contribution in [0.1, 0.15) is 27.0 Å². The van der Waals surface area contributed by atoms with Crippen LogP contribution in [-0.4, -0.2) is 24.9 Å². The van der Waals surface area contributed by atoms with Gasteiger partial charge in [-0.15, -0.1) is 0 Å². The fourth-order valence-electron chi connectivity index (χ4n) is 3.13. The van der Waals surface area contributed by atoms with Gasteiger partial charge >= 0.3 is 11.9 Å². The maximum atomic E-state index is 12.5. The lowest BCUT2D eigenvalue weighted by atomic mass is 10.1. The van der Waals surface area contributed by atoms with Crippen LogP contribution in [0.4, 0.5) is 0 Å². The highest BCUT2D eigenvalue weighted by molar-refractivity contribution is 6.33. The summed E-state index contributed by atoms with van der Waals surface area (Å²) in [4.78, 5) is 29.1. The zero-order chi connectivity index (χ0) is 22.7. The van der Waals surface area contributed by atoms with Gasteiger partial charge in [0.05, 0.1) is 17.7 Å². The highest BCUT2D eigenvalue weighted by atomic mass is 35.5. The summed E-state index contributed by atoms with van der Waals surface area (Å²) in [6.45, 7) is 1.92. The Hall–Kier alpha value is -3.90. The molecule has 0 unspecified atom stereocenters. The summed E-state index contributed by atoms with van der Waals surface area (Å²) in [5, 5.41) is 0.292. The van der Waals surface area contributed by atoms with Gasteiger partial charge in [-0.05, 0) is 54.5 Å². The summed E-state index contributed by atoms with van der Waals surface area (Å²) < 4.78 is 16.1. The van der Waals surface area contributed by atoms with E-state index in [4.69, 9.17) is 25.8 Å². The van der Waals surface area contributed by atoms with E-state index in [1.54, 1.807) is 48.5 Å². The van der Waals surface area contributed by atoms with Crippen LogP contribution >= 0.6 is 11.6 Å². The number of aliphatic imine (C=N–C) groups is 1. The summed E-state index contributed by atoms with van der Waals surface area (Å²) in [6.07, 6.45) is 1.58. The van der Waals surface area contributed by atoms with Crippen LogP contribution in [0.5, 0.6) is 11.5 Å². The van der Waals surface area contributed by atoms with Gasteiger partial charge in [-0.3, -0.25) is 0 Å². The second-order valence-electron chi connectivity index (χ2n) is 6.93. The van der Waals surface area contributed by atoms with Crippen molar-refractivity contribution in [2.24, 2.45) is 4.99 Å². The Balaban J connectivity index is 1.60. The summed E-state index contributed by atoms with van der Waals surface area (Å²) >= 11 is 6.06. The molecule has 160 valence electrons. The normalized spacial score (nSPS) is 14.2. The van der Waals surface area contributed by atoms with Crippen molar-refractivity contribution in [3.05, 3.63) is 99.7 Å². The number of hydrogen-bond donors (Lipinski definition) is 0. The van der Waals surface area contributed by atoms with Crippen molar-refractivity contribution in [1.82, 2.24) is 0 Å². The predicted molar refractivity (Wildman–Crippen MR) is 121 cm³/mol. The molecule has 0 spiro atoms. The molecule has 1 aliphatic heterocycles. The van der Waals surface area contributed by atoms with Gasteiger partial charge in [0.15, 0.2) is 17.2 Å². The molecule has 0 N–H and O–H groups in total. The first-order valence-corrected chi connectivity index (χ1v) is 10.1. The third kappa shape index (κ3) is 4.40. The molecule has 0 saturated carbocycles. The molecule has 0 radical (unpaired) electrons. The number of esters is 2. The Kier molecular flexibility index (Phi) is 6.05. The lowest BCUT2D eigenvalue weighted by Crippen LogP contribution is -2.09. The first-order valence-electron chi connectivity index (χ1n) is 9.69. The number of aryl methyl sites for hydroxylation is 1. The smallest absolute Gasteiger partial charge is 0.363 e. The molecule has 0 bridgehead atoms. The predicted octanol–water partition coefficient (Wildman–Crippen LogP) is 5.22.